The average Bonchev–Trinajstić information content (AvgIpc) is 2.17. The average molecular weight is 160 g/mol. The van der Waals surface area contributed by atoms with E-state index in [0.29, 0.717) is 5.92 Å². The van der Waals surface area contributed by atoms with Gasteiger partial charge < -0.3 is 0 Å². The standard InChI is InChI=1S/C12H16/c1-4-10(3)12-8-6-7-11(5-2)9-12/h5-10H,2,4H2,1,3H3. The molecule has 1 aromatic carbocycles. The monoisotopic (exact) mass is 160 g/mol. The molecule has 0 N–H and O–H groups in total. The van der Waals surface area contributed by atoms with E-state index < -0.39 is 0 Å². The summed E-state index contributed by atoms with van der Waals surface area (Å²) in [5, 5.41) is 0. The van der Waals surface area contributed by atoms with Gasteiger partial charge in [-0.05, 0) is 23.5 Å². The fourth-order valence-electron chi connectivity index (χ4n) is 1.23. The van der Waals surface area contributed by atoms with Crippen molar-refractivity contribution in [2.75, 3.05) is 0 Å². The minimum absolute atomic E-state index is 0.657. The molecule has 1 rings (SSSR count). The van der Waals surface area contributed by atoms with Crippen LogP contribution in [-0.4, -0.2) is 0 Å². The van der Waals surface area contributed by atoms with E-state index in [0.717, 1.165) is 0 Å². The molecular weight excluding hydrogens is 144 g/mol. The molecule has 0 heterocycles. The van der Waals surface area contributed by atoms with Gasteiger partial charge in [-0.3, -0.25) is 0 Å². The Bertz CT molecular complexity index is 260. The molecule has 1 aromatic rings. The topological polar surface area (TPSA) is 0 Å². The minimum atomic E-state index is 0.657. The number of hydrogen-bond acceptors (Lipinski definition) is 0. The van der Waals surface area contributed by atoms with Crippen LogP contribution in [0.15, 0.2) is 30.8 Å². The van der Waals surface area contributed by atoms with Crippen LogP contribution in [0.5, 0.6) is 0 Å². The predicted octanol–water partition coefficient (Wildman–Crippen LogP) is 3.84. The first-order chi connectivity index (χ1) is 5.77. The molecule has 0 radical (unpaired) electrons. The van der Waals surface area contributed by atoms with Crippen molar-refractivity contribution in [3.8, 4) is 0 Å². The molecule has 0 spiro atoms. The first kappa shape index (κ1) is 9.05. The summed E-state index contributed by atoms with van der Waals surface area (Å²) in [4.78, 5) is 0. The molecule has 1 atom stereocenters. The zero-order valence-corrected chi connectivity index (χ0v) is 7.88. The Labute approximate surface area is 74.9 Å². The second-order valence-corrected chi connectivity index (χ2v) is 3.18. The maximum absolute atomic E-state index is 3.76. The van der Waals surface area contributed by atoms with Crippen molar-refractivity contribution in [2.45, 2.75) is 26.2 Å². The summed E-state index contributed by atoms with van der Waals surface area (Å²) in [6.45, 7) is 8.22. The number of rotatable bonds is 3. The fraction of sp³-hybridized carbons (Fsp3) is 0.333. The predicted molar refractivity (Wildman–Crippen MR) is 55.2 cm³/mol. The Kier molecular flexibility index (Phi) is 3.09. The van der Waals surface area contributed by atoms with Crippen LogP contribution in [-0.2, 0) is 0 Å². The molecule has 0 nitrogen and oxygen atoms in total. The maximum Gasteiger partial charge on any atom is -0.0193 e. The van der Waals surface area contributed by atoms with Gasteiger partial charge in [0.1, 0.15) is 0 Å². The highest BCUT2D eigenvalue weighted by molar-refractivity contribution is 5.48. The molecule has 0 fully saturated rings. The van der Waals surface area contributed by atoms with Crippen LogP contribution in [0.2, 0.25) is 0 Å². The Hall–Kier alpha value is -1.04. The molecule has 12 heavy (non-hydrogen) atoms. The van der Waals surface area contributed by atoms with Gasteiger partial charge in [0.15, 0.2) is 0 Å². The Morgan fingerprint density at radius 2 is 2.25 bits per heavy atom. The molecule has 1 unspecified atom stereocenters. The molecule has 0 saturated heterocycles. The van der Waals surface area contributed by atoms with Gasteiger partial charge in [-0.15, -0.1) is 0 Å². The Morgan fingerprint density at radius 1 is 1.50 bits per heavy atom. The van der Waals surface area contributed by atoms with Crippen LogP contribution in [0.25, 0.3) is 6.08 Å². The Morgan fingerprint density at radius 3 is 2.83 bits per heavy atom. The molecule has 0 aliphatic heterocycles. The van der Waals surface area contributed by atoms with E-state index in [-0.39, 0.29) is 0 Å². The lowest BCUT2D eigenvalue weighted by Crippen LogP contribution is -1.90. The van der Waals surface area contributed by atoms with Crippen molar-refractivity contribution in [3.05, 3.63) is 42.0 Å². The van der Waals surface area contributed by atoms with Crippen molar-refractivity contribution >= 4 is 6.08 Å². The van der Waals surface area contributed by atoms with E-state index in [2.05, 4.69) is 44.7 Å². The van der Waals surface area contributed by atoms with Gasteiger partial charge in [0.25, 0.3) is 0 Å². The molecule has 64 valence electrons. The van der Waals surface area contributed by atoms with Crippen molar-refractivity contribution in [1.29, 1.82) is 0 Å². The third-order valence-electron chi connectivity index (χ3n) is 2.33. The van der Waals surface area contributed by atoms with Gasteiger partial charge in [0.05, 0.1) is 0 Å². The van der Waals surface area contributed by atoms with E-state index in [4.69, 9.17) is 0 Å². The second kappa shape index (κ2) is 4.10. The van der Waals surface area contributed by atoms with Crippen molar-refractivity contribution < 1.29 is 0 Å². The molecule has 0 aromatic heterocycles. The molecule has 0 bridgehead atoms. The van der Waals surface area contributed by atoms with Gasteiger partial charge in [-0.25, -0.2) is 0 Å². The zero-order valence-electron chi connectivity index (χ0n) is 7.88. The van der Waals surface area contributed by atoms with E-state index in [1.807, 2.05) is 6.08 Å². The Balaban J connectivity index is 2.93. The van der Waals surface area contributed by atoms with Gasteiger partial charge >= 0.3 is 0 Å². The smallest absolute Gasteiger partial charge is 0.0193 e. The molecule has 0 aliphatic carbocycles. The van der Waals surface area contributed by atoms with Crippen LogP contribution in [0.1, 0.15) is 37.3 Å². The highest BCUT2D eigenvalue weighted by Gasteiger charge is 2.01. The van der Waals surface area contributed by atoms with E-state index in [9.17, 15) is 0 Å². The van der Waals surface area contributed by atoms with Crippen LogP contribution in [0.3, 0.4) is 0 Å². The van der Waals surface area contributed by atoms with Gasteiger partial charge in [0.2, 0.25) is 0 Å². The van der Waals surface area contributed by atoms with Gasteiger partial charge in [0, 0.05) is 0 Å². The normalized spacial score (nSPS) is 12.5. The van der Waals surface area contributed by atoms with Crippen LogP contribution in [0, 0.1) is 0 Å². The van der Waals surface area contributed by atoms with Crippen LogP contribution < -0.4 is 0 Å². The summed E-state index contributed by atoms with van der Waals surface area (Å²) < 4.78 is 0. The van der Waals surface area contributed by atoms with Crippen LogP contribution in [0.4, 0.5) is 0 Å². The third-order valence-corrected chi connectivity index (χ3v) is 2.33. The van der Waals surface area contributed by atoms with Gasteiger partial charge in [-0.2, -0.15) is 0 Å². The lowest BCUT2D eigenvalue weighted by atomic mass is 9.97. The second-order valence-electron chi connectivity index (χ2n) is 3.18. The molecule has 0 amide bonds. The number of hydrogen-bond donors (Lipinski definition) is 0. The molecule has 0 saturated carbocycles. The summed E-state index contributed by atoms with van der Waals surface area (Å²) in [6, 6.07) is 8.57. The first-order valence-corrected chi connectivity index (χ1v) is 4.50. The molecular formula is C12H16. The first-order valence-electron chi connectivity index (χ1n) is 4.50. The highest BCUT2D eigenvalue weighted by atomic mass is 14.1. The largest absolute Gasteiger partial charge is 0.0985 e. The summed E-state index contributed by atoms with van der Waals surface area (Å²) in [5.74, 6) is 0.657. The summed E-state index contributed by atoms with van der Waals surface area (Å²) >= 11 is 0. The quantitative estimate of drug-likeness (QED) is 0.630. The minimum Gasteiger partial charge on any atom is -0.0985 e. The SMILES string of the molecule is C=Cc1cccc(C(C)CC)c1. The summed E-state index contributed by atoms with van der Waals surface area (Å²) in [6.07, 6.45) is 3.09. The molecule has 0 heteroatoms. The lowest BCUT2D eigenvalue weighted by Gasteiger charge is -2.08. The van der Waals surface area contributed by atoms with E-state index >= 15 is 0 Å². The lowest BCUT2D eigenvalue weighted by molar-refractivity contribution is 0.733. The molecule has 0 aliphatic rings. The van der Waals surface area contributed by atoms with Crippen molar-refractivity contribution in [2.24, 2.45) is 0 Å². The number of benzene rings is 1. The third kappa shape index (κ3) is 1.97. The van der Waals surface area contributed by atoms with Crippen molar-refractivity contribution in [3.63, 3.8) is 0 Å². The fourth-order valence-corrected chi connectivity index (χ4v) is 1.23. The van der Waals surface area contributed by atoms with Crippen molar-refractivity contribution in [1.82, 2.24) is 0 Å². The van der Waals surface area contributed by atoms with Gasteiger partial charge in [-0.1, -0.05) is 50.8 Å². The summed E-state index contributed by atoms with van der Waals surface area (Å²) in [5.41, 5.74) is 2.63. The summed E-state index contributed by atoms with van der Waals surface area (Å²) in [7, 11) is 0. The zero-order chi connectivity index (χ0) is 8.97. The van der Waals surface area contributed by atoms with Crippen LogP contribution >= 0.6 is 0 Å². The van der Waals surface area contributed by atoms with E-state index in [1.54, 1.807) is 0 Å². The maximum atomic E-state index is 3.76. The highest BCUT2D eigenvalue weighted by Crippen LogP contribution is 2.19. The van der Waals surface area contributed by atoms with E-state index in [1.165, 1.54) is 17.5 Å².